The molecule has 0 saturated carbocycles. The quantitative estimate of drug-likeness (QED) is 0.342. The van der Waals surface area contributed by atoms with Gasteiger partial charge in [0, 0.05) is 23.2 Å². The minimum atomic E-state index is -1.15. The second-order valence-corrected chi connectivity index (χ2v) is 6.67. The van der Waals surface area contributed by atoms with E-state index in [-0.39, 0.29) is 30.5 Å². The summed E-state index contributed by atoms with van der Waals surface area (Å²) >= 11 is 6.14. The number of nitrogens with two attached hydrogens (primary N) is 1. The van der Waals surface area contributed by atoms with Crippen LogP contribution in [0.3, 0.4) is 0 Å². The maximum Gasteiger partial charge on any atom is 0.188 e. The molecule has 136 valence electrons. The number of hydrogen-bond acceptors (Lipinski definition) is 3. The molecule has 0 bridgehead atoms. The Hall–Kier alpha value is -0.570. The zero-order valence-corrected chi connectivity index (χ0v) is 17.4. The molecule has 0 spiro atoms. The van der Waals surface area contributed by atoms with Gasteiger partial charge in [0.1, 0.15) is 5.60 Å². The zero-order valence-electron chi connectivity index (χ0n) is 14.3. The standard InChI is InChI=1S/C17H27ClN4O.HI/c1-3-22-10-6-7-13(22)11-20-16(19)21-12-17(2,23)14-8-4-5-9-15(14)18;/h4-5,8-9,13,23H,3,6-7,10-12H2,1-2H3,(H3,19,20,21);1H. The number of hydrogen-bond donors (Lipinski definition) is 3. The second-order valence-electron chi connectivity index (χ2n) is 6.26. The molecular formula is C17H28ClIN4O. The lowest BCUT2D eigenvalue weighted by Gasteiger charge is -2.24. The molecule has 2 rings (SSSR count). The Labute approximate surface area is 166 Å². The van der Waals surface area contributed by atoms with Gasteiger partial charge in [-0.3, -0.25) is 9.89 Å². The highest BCUT2D eigenvalue weighted by Crippen LogP contribution is 2.27. The molecule has 1 heterocycles. The molecule has 4 N–H and O–H groups in total. The summed E-state index contributed by atoms with van der Waals surface area (Å²) in [6, 6.07) is 7.76. The number of halogens is 2. The van der Waals surface area contributed by atoms with Crippen molar-refractivity contribution < 1.29 is 5.11 Å². The van der Waals surface area contributed by atoms with Crippen molar-refractivity contribution in [1.82, 2.24) is 10.2 Å². The summed E-state index contributed by atoms with van der Waals surface area (Å²) in [5.41, 5.74) is 5.45. The van der Waals surface area contributed by atoms with Crippen LogP contribution in [0.5, 0.6) is 0 Å². The van der Waals surface area contributed by atoms with E-state index in [9.17, 15) is 5.11 Å². The first-order valence-electron chi connectivity index (χ1n) is 8.19. The van der Waals surface area contributed by atoms with Crippen molar-refractivity contribution >= 4 is 41.5 Å². The number of aliphatic hydroxyl groups is 1. The number of guanidine groups is 1. The van der Waals surface area contributed by atoms with E-state index in [0.29, 0.717) is 22.6 Å². The molecule has 1 fully saturated rings. The molecule has 2 unspecified atom stereocenters. The average molecular weight is 467 g/mol. The maximum absolute atomic E-state index is 10.6. The minimum absolute atomic E-state index is 0. The SMILES string of the molecule is CCN1CCCC1CNC(N)=NCC(C)(O)c1ccccc1Cl.I. The second kappa shape index (κ2) is 9.79. The predicted octanol–water partition coefficient (Wildman–Crippen LogP) is 2.55. The molecule has 0 amide bonds. The van der Waals surface area contributed by atoms with Gasteiger partial charge in [0.15, 0.2) is 5.96 Å². The van der Waals surface area contributed by atoms with E-state index in [0.717, 1.165) is 19.6 Å². The molecule has 1 aliphatic rings. The van der Waals surface area contributed by atoms with E-state index < -0.39 is 5.60 Å². The summed E-state index contributed by atoms with van der Waals surface area (Å²) in [4.78, 5) is 6.73. The summed E-state index contributed by atoms with van der Waals surface area (Å²) < 4.78 is 0. The topological polar surface area (TPSA) is 73.9 Å². The minimum Gasteiger partial charge on any atom is -0.383 e. The van der Waals surface area contributed by atoms with Crippen LogP contribution in [0.15, 0.2) is 29.3 Å². The third-order valence-electron chi connectivity index (χ3n) is 4.44. The Balaban J connectivity index is 0.00000288. The van der Waals surface area contributed by atoms with Gasteiger partial charge in [0.2, 0.25) is 0 Å². The van der Waals surface area contributed by atoms with Crippen molar-refractivity contribution in [2.45, 2.75) is 38.3 Å². The summed E-state index contributed by atoms with van der Waals surface area (Å²) in [6.07, 6.45) is 2.42. The van der Waals surface area contributed by atoms with Crippen molar-refractivity contribution in [2.24, 2.45) is 10.7 Å². The first-order valence-corrected chi connectivity index (χ1v) is 8.57. The van der Waals surface area contributed by atoms with Gasteiger partial charge >= 0.3 is 0 Å². The van der Waals surface area contributed by atoms with E-state index in [1.165, 1.54) is 12.8 Å². The molecule has 1 aromatic rings. The third-order valence-corrected chi connectivity index (χ3v) is 4.77. The molecule has 7 heteroatoms. The molecule has 0 aromatic heterocycles. The molecule has 5 nitrogen and oxygen atoms in total. The van der Waals surface area contributed by atoms with Crippen molar-refractivity contribution in [3.63, 3.8) is 0 Å². The number of nitrogens with zero attached hydrogens (tertiary/aromatic N) is 2. The number of nitrogens with one attached hydrogen (secondary N) is 1. The summed E-state index contributed by atoms with van der Waals surface area (Å²) in [5.74, 6) is 0.361. The lowest BCUT2D eigenvalue weighted by molar-refractivity contribution is 0.0674. The van der Waals surface area contributed by atoms with Gasteiger partial charge in [-0.25, -0.2) is 0 Å². The molecule has 24 heavy (non-hydrogen) atoms. The lowest BCUT2D eigenvalue weighted by atomic mass is 9.96. The van der Waals surface area contributed by atoms with Crippen molar-refractivity contribution in [3.05, 3.63) is 34.9 Å². The van der Waals surface area contributed by atoms with E-state index >= 15 is 0 Å². The monoisotopic (exact) mass is 466 g/mol. The zero-order chi connectivity index (χ0) is 16.9. The fourth-order valence-electron chi connectivity index (χ4n) is 3.04. The van der Waals surface area contributed by atoms with Crippen LogP contribution in [0.4, 0.5) is 0 Å². The van der Waals surface area contributed by atoms with E-state index in [4.69, 9.17) is 17.3 Å². The fourth-order valence-corrected chi connectivity index (χ4v) is 3.38. The Morgan fingerprint density at radius 3 is 2.88 bits per heavy atom. The molecule has 1 aromatic carbocycles. The number of rotatable bonds is 6. The van der Waals surface area contributed by atoms with Crippen LogP contribution in [0, 0.1) is 0 Å². The van der Waals surface area contributed by atoms with Gasteiger partial charge < -0.3 is 16.2 Å². The summed E-state index contributed by atoms with van der Waals surface area (Å²) in [7, 11) is 0. The molecule has 0 radical (unpaired) electrons. The highest BCUT2D eigenvalue weighted by Gasteiger charge is 2.26. The Morgan fingerprint density at radius 1 is 1.50 bits per heavy atom. The van der Waals surface area contributed by atoms with Gasteiger partial charge in [-0.1, -0.05) is 36.7 Å². The van der Waals surface area contributed by atoms with E-state index in [2.05, 4.69) is 22.1 Å². The number of likely N-dealkylation sites (tertiary alicyclic amines) is 1. The third kappa shape index (κ3) is 5.75. The van der Waals surface area contributed by atoms with E-state index in [1.807, 2.05) is 12.1 Å². The Bertz CT molecular complexity index is 553. The highest BCUT2D eigenvalue weighted by molar-refractivity contribution is 14.0. The normalized spacial score (nSPS) is 21.2. The van der Waals surface area contributed by atoms with Crippen molar-refractivity contribution in [1.29, 1.82) is 0 Å². The van der Waals surface area contributed by atoms with Crippen LogP contribution in [0.1, 0.15) is 32.3 Å². The first-order chi connectivity index (χ1) is 10.9. The number of likely N-dealkylation sites (N-methyl/N-ethyl adjacent to an activating group) is 1. The lowest BCUT2D eigenvalue weighted by Crippen LogP contribution is -2.43. The van der Waals surface area contributed by atoms with Gasteiger partial charge in [-0.2, -0.15) is 0 Å². The van der Waals surface area contributed by atoms with Crippen LogP contribution in [-0.4, -0.2) is 48.2 Å². The van der Waals surface area contributed by atoms with Gasteiger partial charge in [-0.05, 0) is 38.9 Å². The van der Waals surface area contributed by atoms with Crippen LogP contribution in [-0.2, 0) is 5.60 Å². The smallest absolute Gasteiger partial charge is 0.188 e. The van der Waals surface area contributed by atoms with Gasteiger partial charge in [-0.15, -0.1) is 24.0 Å². The fraction of sp³-hybridized carbons (Fsp3) is 0.588. The van der Waals surface area contributed by atoms with Crippen LogP contribution in [0.2, 0.25) is 5.02 Å². The van der Waals surface area contributed by atoms with Gasteiger partial charge in [0.05, 0.1) is 6.54 Å². The van der Waals surface area contributed by atoms with Crippen LogP contribution in [0.25, 0.3) is 0 Å². The number of aliphatic imine (C=N–C) groups is 1. The highest BCUT2D eigenvalue weighted by atomic mass is 127. The van der Waals surface area contributed by atoms with Gasteiger partial charge in [0.25, 0.3) is 0 Å². The largest absolute Gasteiger partial charge is 0.383 e. The Morgan fingerprint density at radius 2 is 2.21 bits per heavy atom. The summed E-state index contributed by atoms with van der Waals surface area (Å²) in [6.45, 7) is 7.04. The molecular weight excluding hydrogens is 439 g/mol. The maximum atomic E-state index is 10.6. The van der Waals surface area contributed by atoms with Crippen molar-refractivity contribution in [3.8, 4) is 0 Å². The first kappa shape index (κ1) is 21.5. The molecule has 2 atom stereocenters. The molecule has 0 aliphatic carbocycles. The Kier molecular flexibility index (Phi) is 8.76. The van der Waals surface area contributed by atoms with Crippen LogP contribution >= 0.6 is 35.6 Å². The van der Waals surface area contributed by atoms with Crippen LogP contribution < -0.4 is 11.1 Å². The average Bonchev–Trinajstić information content (AvgIpc) is 2.99. The molecule has 1 saturated heterocycles. The summed E-state index contributed by atoms with van der Waals surface area (Å²) in [5, 5.41) is 14.3. The van der Waals surface area contributed by atoms with E-state index in [1.54, 1.807) is 19.1 Å². The predicted molar refractivity (Wildman–Crippen MR) is 111 cm³/mol. The number of benzene rings is 1. The van der Waals surface area contributed by atoms with Crippen molar-refractivity contribution in [2.75, 3.05) is 26.2 Å². The molecule has 1 aliphatic heterocycles.